The second-order valence-corrected chi connectivity index (χ2v) is 7.69. The molecule has 8 nitrogen and oxygen atoms in total. The van der Waals surface area contributed by atoms with Crippen LogP contribution in [0.1, 0.15) is 49.5 Å². The van der Waals surface area contributed by atoms with Crippen LogP contribution in [-0.2, 0) is 17.1 Å². The summed E-state index contributed by atoms with van der Waals surface area (Å²) in [7, 11) is -2.02. The summed E-state index contributed by atoms with van der Waals surface area (Å²) < 4.78 is 31.0. The van der Waals surface area contributed by atoms with Crippen LogP contribution in [0.2, 0.25) is 0 Å². The molecular weight excluding hydrogens is 316 g/mol. The average Bonchev–Trinajstić information content (AvgIpc) is 3.05. The highest BCUT2D eigenvalue weighted by molar-refractivity contribution is 7.92. The van der Waals surface area contributed by atoms with E-state index in [1.165, 1.54) is 19.3 Å². The number of anilines is 1. The van der Waals surface area contributed by atoms with E-state index in [0.717, 1.165) is 12.8 Å². The number of sulfonamides is 1. The summed E-state index contributed by atoms with van der Waals surface area (Å²) in [5.74, 6) is 0.109. The molecule has 0 atom stereocenters. The highest BCUT2D eigenvalue weighted by atomic mass is 32.2. The molecule has 1 aliphatic rings. The number of nitrogens with zero attached hydrogens (tertiary/aromatic N) is 5. The van der Waals surface area contributed by atoms with Crippen LogP contribution in [0, 0.1) is 13.8 Å². The summed E-state index contributed by atoms with van der Waals surface area (Å²) in [6.07, 6.45) is 7.35. The molecule has 0 bridgehead atoms. The fraction of sp³-hybridized carbons (Fsp3) is 0.643. The predicted octanol–water partition coefficient (Wildman–Crippen LogP) is 1.93. The van der Waals surface area contributed by atoms with Gasteiger partial charge in [0.05, 0.1) is 17.4 Å². The number of hydrogen-bond donors (Lipinski definition) is 1. The third kappa shape index (κ3) is 3.10. The van der Waals surface area contributed by atoms with E-state index in [0.29, 0.717) is 17.4 Å². The summed E-state index contributed by atoms with van der Waals surface area (Å²) >= 11 is 0. The Balaban J connectivity index is 1.82. The van der Waals surface area contributed by atoms with E-state index < -0.39 is 10.0 Å². The van der Waals surface area contributed by atoms with Gasteiger partial charge in [-0.15, -0.1) is 5.10 Å². The zero-order valence-corrected chi connectivity index (χ0v) is 14.5. The molecule has 0 saturated heterocycles. The molecule has 126 valence electrons. The van der Waals surface area contributed by atoms with E-state index in [4.69, 9.17) is 0 Å². The molecule has 1 fully saturated rings. The molecule has 2 aromatic rings. The molecule has 23 heavy (non-hydrogen) atoms. The number of rotatable bonds is 4. The van der Waals surface area contributed by atoms with Crippen molar-refractivity contribution in [3.05, 3.63) is 17.7 Å². The minimum atomic E-state index is -3.74. The molecular formula is C14H22N6O2S. The Morgan fingerprint density at radius 1 is 1.17 bits per heavy atom. The van der Waals surface area contributed by atoms with Crippen molar-refractivity contribution in [2.75, 3.05) is 4.72 Å². The molecule has 1 saturated carbocycles. The topological polar surface area (TPSA) is 94.7 Å². The van der Waals surface area contributed by atoms with Gasteiger partial charge in [-0.05, 0) is 26.7 Å². The van der Waals surface area contributed by atoms with Crippen molar-refractivity contribution in [2.45, 2.75) is 56.9 Å². The average molecular weight is 338 g/mol. The van der Waals surface area contributed by atoms with Gasteiger partial charge in [0.15, 0.2) is 0 Å². The molecule has 9 heteroatoms. The van der Waals surface area contributed by atoms with Crippen LogP contribution in [0.15, 0.2) is 11.2 Å². The van der Waals surface area contributed by atoms with Crippen molar-refractivity contribution in [3.8, 4) is 0 Å². The summed E-state index contributed by atoms with van der Waals surface area (Å²) in [6, 6.07) is 0.316. The summed E-state index contributed by atoms with van der Waals surface area (Å²) in [5.41, 5.74) is 1.05. The Bertz CT molecular complexity index is 801. The van der Waals surface area contributed by atoms with Gasteiger partial charge in [-0.2, -0.15) is 10.1 Å². The normalized spacial score (nSPS) is 16.7. The SMILES string of the molecule is Cc1nn(C)c(C)c1S(=O)(=O)Nc1ncn(C2CCCCC2)n1. The van der Waals surface area contributed by atoms with E-state index in [1.54, 1.807) is 36.6 Å². The van der Waals surface area contributed by atoms with E-state index in [-0.39, 0.29) is 10.8 Å². The second-order valence-electron chi connectivity index (χ2n) is 6.07. The maximum Gasteiger partial charge on any atom is 0.267 e. The molecule has 3 rings (SSSR count). The van der Waals surface area contributed by atoms with Gasteiger partial charge in [-0.25, -0.2) is 17.8 Å². The smallest absolute Gasteiger partial charge is 0.267 e. The third-order valence-electron chi connectivity index (χ3n) is 4.39. The van der Waals surface area contributed by atoms with Gasteiger partial charge in [0, 0.05) is 7.05 Å². The van der Waals surface area contributed by atoms with Crippen molar-refractivity contribution < 1.29 is 8.42 Å². The number of aromatic nitrogens is 5. The third-order valence-corrected chi connectivity index (χ3v) is 5.97. The Kier molecular flexibility index (Phi) is 4.13. The van der Waals surface area contributed by atoms with Crippen LogP contribution < -0.4 is 4.72 Å². The summed E-state index contributed by atoms with van der Waals surface area (Å²) in [4.78, 5) is 4.29. The van der Waals surface area contributed by atoms with Crippen LogP contribution >= 0.6 is 0 Å². The number of nitrogens with one attached hydrogen (secondary N) is 1. The largest absolute Gasteiger partial charge is 0.271 e. The standard InChI is InChI=1S/C14H22N6O2S/c1-10-13(11(2)19(3)16-10)23(21,22)18-14-15-9-20(17-14)12-7-5-4-6-8-12/h9,12H,4-8H2,1-3H3,(H,17,18). The van der Waals surface area contributed by atoms with Gasteiger partial charge in [0.1, 0.15) is 11.2 Å². The first-order valence-electron chi connectivity index (χ1n) is 7.82. The van der Waals surface area contributed by atoms with Crippen LogP contribution in [0.4, 0.5) is 5.95 Å². The van der Waals surface area contributed by atoms with E-state index in [9.17, 15) is 8.42 Å². The Hall–Kier alpha value is -1.90. The highest BCUT2D eigenvalue weighted by Gasteiger charge is 2.25. The Labute approximate surface area is 136 Å². The van der Waals surface area contributed by atoms with Gasteiger partial charge in [-0.3, -0.25) is 4.68 Å². The van der Waals surface area contributed by atoms with Gasteiger partial charge in [-0.1, -0.05) is 19.3 Å². The van der Waals surface area contributed by atoms with Crippen LogP contribution in [0.25, 0.3) is 0 Å². The van der Waals surface area contributed by atoms with Crippen molar-refractivity contribution >= 4 is 16.0 Å². The fourth-order valence-electron chi connectivity index (χ4n) is 3.16. The van der Waals surface area contributed by atoms with Gasteiger partial charge < -0.3 is 0 Å². The maximum absolute atomic E-state index is 12.6. The minimum absolute atomic E-state index is 0.109. The van der Waals surface area contributed by atoms with Gasteiger partial charge >= 0.3 is 0 Å². The fourth-order valence-corrected chi connectivity index (χ4v) is 4.54. The van der Waals surface area contributed by atoms with Gasteiger partial charge in [0.25, 0.3) is 16.0 Å². The number of aryl methyl sites for hydroxylation is 2. The van der Waals surface area contributed by atoms with Crippen LogP contribution in [0.3, 0.4) is 0 Å². The lowest BCUT2D eigenvalue weighted by molar-refractivity contribution is 0.329. The lowest BCUT2D eigenvalue weighted by Crippen LogP contribution is -2.17. The van der Waals surface area contributed by atoms with Crippen molar-refractivity contribution in [3.63, 3.8) is 0 Å². The van der Waals surface area contributed by atoms with E-state index >= 15 is 0 Å². The molecule has 0 aliphatic heterocycles. The molecule has 2 heterocycles. The summed E-state index contributed by atoms with van der Waals surface area (Å²) in [5, 5.41) is 8.45. The lowest BCUT2D eigenvalue weighted by atomic mass is 9.96. The predicted molar refractivity (Wildman–Crippen MR) is 85.6 cm³/mol. The monoisotopic (exact) mass is 338 g/mol. The molecule has 2 aromatic heterocycles. The minimum Gasteiger partial charge on any atom is -0.271 e. The first-order valence-corrected chi connectivity index (χ1v) is 9.31. The first kappa shape index (κ1) is 16.0. The first-order chi connectivity index (χ1) is 10.9. The Morgan fingerprint density at radius 3 is 2.48 bits per heavy atom. The quantitative estimate of drug-likeness (QED) is 0.919. The molecule has 0 radical (unpaired) electrons. The van der Waals surface area contributed by atoms with Crippen LogP contribution in [0.5, 0.6) is 0 Å². The second kappa shape index (κ2) is 5.95. The maximum atomic E-state index is 12.6. The summed E-state index contributed by atoms with van der Waals surface area (Å²) in [6.45, 7) is 3.40. The van der Waals surface area contributed by atoms with Crippen molar-refractivity contribution in [1.29, 1.82) is 0 Å². The molecule has 1 aliphatic carbocycles. The molecule has 0 aromatic carbocycles. The molecule has 1 N–H and O–H groups in total. The van der Waals surface area contributed by atoms with E-state index in [1.807, 2.05) is 0 Å². The Morgan fingerprint density at radius 2 is 1.87 bits per heavy atom. The van der Waals surface area contributed by atoms with Crippen molar-refractivity contribution in [2.24, 2.45) is 7.05 Å². The van der Waals surface area contributed by atoms with Crippen LogP contribution in [-0.4, -0.2) is 33.0 Å². The molecule has 0 amide bonds. The van der Waals surface area contributed by atoms with Crippen molar-refractivity contribution in [1.82, 2.24) is 24.5 Å². The molecule has 0 unspecified atom stereocenters. The highest BCUT2D eigenvalue weighted by Crippen LogP contribution is 2.27. The zero-order valence-electron chi connectivity index (χ0n) is 13.7. The van der Waals surface area contributed by atoms with Gasteiger partial charge in [0.2, 0.25) is 0 Å². The number of hydrogen-bond acceptors (Lipinski definition) is 5. The lowest BCUT2D eigenvalue weighted by Gasteiger charge is -2.21. The zero-order chi connectivity index (χ0) is 16.6. The molecule has 0 spiro atoms. The van der Waals surface area contributed by atoms with E-state index in [2.05, 4.69) is 19.9 Å².